The molecule has 2 amide bonds. The van der Waals surface area contributed by atoms with Gasteiger partial charge in [-0.25, -0.2) is 0 Å². The number of piperazine rings is 1. The topological polar surface area (TPSA) is 49.4 Å². The monoisotopic (exact) mass is 308 g/mol. The Bertz CT molecular complexity index is 517. The summed E-state index contributed by atoms with van der Waals surface area (Å²) in [5.74, 6) is 0.0686. The van der Waals surface area contributed by atoms with Crippen LogP contribution in [0.25, 0.3) is 0 Å². The van der Waals surface area contributed by atoms with Crippen molar-refractivity contribution in [2.75, 3.05) is 0 Å². The summed E-state index contributed by atoms with van der Waals surface area (Å²) in [6.07, 6.45) is 0. The minimum atomic E-state index is -0.431. The maximum absolute atomic E-state index is 12.8. The Morgan fingerprint density at radius 2 is 2.00 bits per heavy atom. The van der Waals surface area contributed by atoms with Gasteiger partial charge in [0, 0.05) is 6.54 Å². The summed E-state index contributed by atoms with van der Waals surface area (Å²) in [5, 5.41) is 6.93. The van der Waals surface area contributed by atoms with E-state index >= 15 is 0 Å². The molecular formula is C16H24N2O2S. The van der Waals surface area contributed by atoms with Crippen LogP contribution in [0.4, 0.5) is 0 Å². The molecule has 1 aromatic heterocycles. The van der Waals surface area contributed by atoms with Crippen LogP contribution in [-0.2, 0) is 16.1 Å². The largest absolute Gasteiger partial charge is 0.342 e. The molecule has 0 aliphatic carbocycles. The van der Waals surface area contributed by atoms with E-state index in [2.05, 4.69) is 5.32 Å². The Morgan fingerprint density at radius 3 is 2.48 bits per heavy atom. The Morgan fingerprint density at radius 1 is 1.33 bits per heavy atom. The fourth-order valence-corrected chi connectivity index (χ4v) is 3.46. The number of thiophene rings is 1. The lowest BCUT2D eigenvalue weighted by Crippen LogP contribution is -2.67. The van der Waals surface area contributed by atoms with Crippen LogP contribution >= 0.6 is 11.3 Å². The van der Waals surface area contributed by atoms with Crippen molar-refractivity contribution in [3.63, 3.8) is 0 Å². The average Bonchev–Trinajstić information content (AvgIpc) is 2.84. The van der Waals surface area contributed by atoms with E-state index in [1.54, 1.807) is 16.2 Å². The van der Waals surface area contributed by atoms with E-state index in [1.165, 1.54) is 0 Å². The van der Waals surface area contributed by atoms with E-state index in [0.29, 0.717) is 6.54 Å². The SMILES string of the molecule is CC(C)C1NC(=O)C(C(C)(C)C)N(Cc2ccsc2)C1=O. The standard InChI is InChI=1S/C16H24N2O2S/c1-10(2)12-15(20)18(8-11-6-7-21-9-11)13(14(19)17-12)16(3,4)5/h6-7,9-10,12-13H,8H2,1-5H3,(H,17,19). The van der Waals surface area contributed by atoms with Crippen LogP contribution in [0.2, 0.25) is 0 Å². The van der Waals surface area contributed by atoms with Crippen molar-refractivity contribution in [1.29, 1.82) is 0 Å². The molecule has 2 atom stereocenters. The van der Waals surface area contributed by atoms with E-state index in [9.17, 15) is 9.59 Å². The van der Waals surface area contributed by atoms with E-state index < -0.39 is 12.1 Å². The zero-order valence-corrected chi connectivity index (χ0v) is 14.2. The van der Waals surface area contributed by atoms with Gasteiger partial charge in [0.05, 0.1) is 0 Å². The van der Waals surface area contributed by atoms with Gasteiger partial charge in [-0.3, -0.25) is 9.59 Å². The van der Waals surface area contributed by atoms with Gasteiger partial charge in [0.25, 0.3) is 0 Å². The summed E-state index contributed by atoms with van der Waals surface area (Å²) in [5.41, 5.74) is 0.789. The van der Waals surface area contributed by atoms with Crippen LogP contribution in [-0.4, -0.2) is 28.8 Å². The number of nitrogens with one attached hydrogen (secondary N) is 1. The molecule has 1 aliphatic rings. The minimum absolute atomic E-state index is 0.0238. The molecule has 1 fully saturated rings. The summed E-state index contributed by atoms with van der Waals surface area (Å²) in [6.45, 7) is 10.4. The first-order valence-electron chi connectivity index (χ1n) is 7.33. The molecule has 2 unspecified atom stereocenters. The van der Waals surface area contributed by atoms with Crippen molar-refractivity contribution in [1.82, 2.24) is 10.2 Å². The molecule has 1 N–H and O–H groups in total. The number of rotatable bonds is 3. The van der Waals surface area contributed by atoms with Gasteiger partial charge in [-0.2, -0.15) is 11.3 Å². The molecule has 0 saturated carbocycles. The Hall–Kier alpha value is -1.36. The molecule has 1 aliphatic heterocycles. The lowest BCUT2D eigenvalue weighted by Gasteiger charge is -2.45. The predicted octanol–water partition coefficient (Wildman–Crippen LogP) is 2.65. The molecule has 0 aromatic carbocycles. The van der Waals surface area contributed by atoms with Gasteiger partial charge in [0.1, 0.15) is 12.1 Å². The molecule has 116 valence electrons. The molecule has 21 heavy (non-hydrogen) atoms. The normalized spacial score (nSPS) is 23.6. The average molecular weight is 308 g/mol. The molecule has 0 radical (unpaired) electrons. The number of carbonyl (C=O) groups excluding carboxylic acids is 2. The highest BCUT2D eigenvalue weighted by atomic mass is 32.1. The number of nitrogens with zero attached hydrogens (tertiary/aromatic N) is 1. The summed E-state index contributed by atoms with van der Waals surface area (Å²) in [6, 6.07) is 1.16. The van der Waals surface area contributed by atoms with Crippen LogP contribution in [0.5, 0.6) is 0 Å². The van der Waals surface area contributed by atoms with Gasteiger partial charge >= 0.3 is 0 Å². The van der Waals surface area contributed by atoms with Crippen LogP contribution in [0.15, 0.2) is 16.8 Å². The molecule has 2 heterocycles. The van der Waals surface area contributed by atoms with Gasteiger partial charge in [0.15, 0.2) is 0 Å². The molecule has 2 rings (SSSR count). The number of hydrogen-bond acceptors (Lipinski definition) is 3. The predicted molar refractivity (Wildman–Crippen MR) is 84.9 cm³/mol. The second-order valence-electron chi connectivity index (χ2n) is 7.10. The highest BCUT2D eigenvalue weighted by Gasteiger charge is 2.46. The summed E-state index contributed by atoms with van der Waals surface area (Å²) in [4.78, 5) is 27.1. The Labute approximate surface area is 130 Å². The highest BCUT2D eigenvalue weighted by Crippen LogP contribution is 2.30. The molecular weight excluding hydrogens is 284 g/mol. The van der Waals surface area contributed by atoms with E-state index in [0.717, 1.165) is 5.56 Å². The molecule has 0 spiro atoms. The fourth-order valence-electron chi connectivity index (χ4n) is 2.80. The second-order valence-corrected chi connectivity index (χ2v) is 7.88. The lowest BCUT2D eigenvalue weighted by atomic mass is 9.82. The molecule has 1 aromatic rings. The summed E-state index contributed by atoms with van der Waals surface area (Å²) >= 11 is 1.61. The van der Waals surface area contributed by atoms with Crippen molar-refractivity contribution in [3.8, 4) is 0 Å². The smallest absolute Gasteiger partial charge is 0.246 e. The van der Waals surface area contributed by atoms with Crippen molar-refractivity contribution in [2.24, 2.45) is 11.3 Å². The van der Waals surface area contributed by atoms with Gasteiger partial charge in [-0.1, -0.05) is 34.6 Å². The zero-order valence-electron chi connectivity index (χ0n) is 13.3. The third-order valence-electron chi connectivity index (χ3n) is 3.83. The summed E-state index contributed by atoms with van der Waals surface area (Å²) < 4.78 is 0. The number of carbonyl (C=O) groups is 2. The Kier molecular flexibility index (Phi) is 4.42. The van der Waals surface area contributed by atoms with Crippen molar-refractivity contribution in [3.05, 3.63) is 22.4 Å². The van der Waals surface area contributed by atoms with Crippen molar-refractivity contribution in [2.45, 2.75) is 53.2 Å². The van der Waals surface area contributed by atoms with Crippen LogP contribution in [0.1, 0.15) is 40.2 Å². The summed E-state index contributed by atoms with van der Waals surface area (Å²) in [7, 11) is 0. The third kappa shape index (κ3) is 3.28. The van der Waals surface area contributed by atoms with E-state index in [4.69, 9.17) is 0 Å². The highest BCUT2D eigenvalue weighted by molar-refractivity contribution is 7.07. The minimum Gasteiger partial charge on any atom is -0.342 e. The van der Waals surface area contributed by atoms with Crippen LogP contribution < -0.4 is 5.32 Å². The van der Waals surface area contributed by atoms with Crippen LogP contribution in [0, 0.1) is 11.3 Å². The molecule has 4 nitrogen and oxygen atoms in total. The lowest BCUT2D eigenvalue weighted by molar-refractivity contribution is -0.155. The maximum atomic E-state index is 12.8. The van der Waals surface area contributed by atoms with E-state index in [-0.39, 0.29) is 23.1 Å². The first kappa shape index (κ1) is 16.0. The van der Waals surface area contributed by atoms with Crippen molar-refractivity contribution >= 4 is 23.2 Å². The maximum Gasteiger partial charge on any atom is 0.246 e. The fraction of sp³-hybridized carbons (Fsp3) is 0.625. The van der Waals surface area contributed by atoms with Crippen LogP contribution in [0.3, 0.4) is 0 Å². The third-order valence-corrected chi connectivity index (χ3v) is 4.56. The molecule has 5 heteroatoms. The van der Waals surface area contributed by atoms with Gasteiger partial charge in [-0.05, 0) is 33.7 Å². The molecule has 1 saturated heterocycles. The Balaban J connectivity index is 2.35. The quantitative estimate of drug-likeness (QED) is 0.933. The molecule has 0 bridgehead atoms. The van der Waals surface area contributed by atoms with Gasteiger partial charge in [0.2, 0.25) is 11.8 Å². The van der Waals surface area contributed by atoms with Gasteiger partial charge in [-0.15, -0.1) is 0 Å². The first-order chi connectivity index (χ1) is 9.71. The van der Waals surface area contributed by atoms with Crippen molar-refractivity contribution < 1.29 is 9.59 Å². The van der Waals surface area contributed by atoms with Gasteiger partial charge < -0.3 is 10.2 Å². The second kappa shape index (κ2) is 5.79. The number of hydrogen-bond donors (Lipinski definition) is 1. The zero-order chi connectivity index (χ0) is 15.8. The number of amides is 2. The van der Waals surface area contributed by atoms with E-state index in [1.807, 2.05) is 51.4 Å². The first-order valence-corrected chi connectivity index (χ1v) is 8.28.